The molecule has 11 N–H and O–H groups in total. The number of hydrogen-bond donors (Lipinski definition) is 7. The van der Waals surface area contributed by atoms with Crippen LogP contribution in [-0.4, -0.2) is 22.0 Å². The number of nitrogens with one attached hydrogen (secondary N) is 3. The van der Waals surface area contributed by atoms with Gasteiger partial charge in [0, 0.05) is 23.2 Å². The highest BCUT2D eigenvalue weighted by Crippen LogP contribution is 2.37. The van der Waals surface area contributed by atoms with Gasteiger partial charge < -0.3 is 28.3 Å². The molecule has 5 rings (SSSR count). The number of anilines is 4. The van der Waals surface area contributed by atoms with Crippen LogP contribution in [0.15, 0.2) is 18.2 Å². The zero-order valence-electron chi connectivity index (χ0n) is 22.2. The molecule has 44 heavy (non-hydrogen) atoms. The summed E-state index contributed by atoms with van der Waals surface area (Å²) in [6.45, 7) is 0. The van der Waals surface area contributed by atoms with E-state index in [2.05, 4.69) is 31.1 Å². The second kappa shape index (κ2) is 10.6. The van der Waals surface area contributed by atoms with Crippen LogP contribution in [-0.2, 0) is 0 Å². The normalized spacial score (nSPS) is 10.7. The molecule has 0 aliphatic carbocycles. The fraction of sp³-hybridized carbons (Fsp3) is 0.0370. The Morgan fingerprint density at radius 2 is 1.18 bits per heavy atom. The van der Waals surface area contributed by atoms with Crippen LogP contribution < -0.4 is 49.5 Å². The third kappa shape index (κ3) is 4.27. The first-order chi connectivity index (χ1) is 21.0. The van der Waals surface area contributed by atoms with Crippen LogP contribution in [0, 0.1) is 57.3 Å². The summed E-state index contributed by atoms with van der Waals surface area (Å²) in [6, 6.07) is 9.55. The Bertz CT molecular complexity index is 2320. The summed E-state index contributed by atoms with van der Waals surface area (Å²) in [5.74, 6) is -8.73. The lowest BCUT2D eigenvalue weighted by atomic mass is 10.0. The van der Waals surface area contributed by atoms with E-state index in [9.17, 15) is 28.1 Å². The molecule has 218 valence electrons. The summed E-state index contributed by atoms with van der Waals surface area (Å²) in [5, 5.41) is 28.7. The SMILES string of the molecule is CNC(C#N)=c1c(F)c(F)c(=C(N)NNc2cc3c4cc(C#N)c(N)nc4c4nc(N)c(C#N)cc4c3nc2N)c(F)c1F. The Hall–Kier alpha value is -6.80. The Labute approximate surface area is 243 Å². The first-order valence-electron chi connectivity index (χ1n) is 12.2. The summed E-state index contributed by atoms with van der Waals surface area (Å²) in [4.78, 5) is 13.0. The number of nitrogens with zero attached hydrogens (tertiary/aromatic N) is 6. The van der Waals surface area contributed by atoms with Gasteiger partial charge in [0.25, 0.3) is 0 Å². The number of benzene rings is 2. The van der Waals surface area contributed by atoms with E-state index in [0.29, 0.717) is 16.2 Å². The van der Waals surface area contributed by atoms with Crippen LogP contribution in [0.25, 0.3) is 44.2 Å². The lowest BCUT2D eigenvalue weighted by Gasteiger charge is -2.16. The maximum Gasteiger partial charge on any atom is 0.173 e. The van der Waals surface area contributed by atoms with Gasteiger partial charge in [0.05, 0.1) is 38.3 Å². The van der Waals surface area contributed by atoms with Crippen LogP contribution in [0.1, 0.15) is 11.1 Å². The molecule has 0 radical (unpaired) electrons. The van der Waals surface area contributed by atoms with E-state index in [1.165, 1.54) is 24.3 Å². The molecule has 0 aliphatic heterocycles. The van der Waals surface area contributed by atoms with Crippen molar-refractivity contribution in [2.24, 2.45) is 5.73 Å². The van der Waals surface area contributed by atoms with E-state index < -0.39 is 45.2 Å². The van der Waals surface area contributed by atoms with E-state index in [1.54, 1.807) is 0 Å². The Balaban J connectivity index is 1.74. The summed E-state index contributed by atoms with van der Waals surface area (Å²) in [5.41, 5.74) is 28.5. The second-order valence-corrected chi connectivity index (χ2v) is 9.08. The molecule has 2 aromatic carbocycles. The molecule has 0 bridgehead atoms. The van der Waals surface area contributed by atoms with Gasteiger partial charge in [0.1, 0.15) is 52.7 Å². The van der Waals surface area contributed by atoms with E-state index in [4.69, 9.17) is 28.2 Å². The number of nitriles is 3. The summed E-state index contributed by atoms with van der Waals surface area (Å²) >= 11 is 0. The van der Waals surface area contributed by atoms with Gasteiger partial charge in [-0.1, -0.05) is 0 Å². The number of hydrazine groups is 1. The monoisotopic (exact) mass is 599 g/mol. The molecule has 13 nitrogen and oxygen atoms in total. The van der Waals surface area contributed by atoms with Crippen molar-refractivity contribution in [3.05, 3.63) is 63.0 Å². The highest BCUT2D eigenvalue weighted by atomic mass is 19.2. The average Bonchev–Trinajstić information content (AvgIpc) is 3.01. The predicted molar refractivity (Wildman–Crippen MR) is 153 cm³/mol. The predicted octanol–water partition coefficient (Wildman–Crippen LogP) is 0.870. The third-order valence-corrected chi connectivity index (χ3v) is 6.64. The minimum absolute atomic E-state index is 0.0235. The highest BCUT2D eigenvalue weighted by molar-refractivity contribution is 6.23. The minimum atomic E-state index is -1.87. The van der Waals surface area contributed by atoms with Crippen molar-refractivity contribution in [2.45, 2.75) is 0 Å². The lowest BCUT2D eigenvalue weighted by molar-refractivity contribution is 0.432. The molecule has 0 spiro atoms. The maximum absolute atomic E-state index is 14.9. The zero-order valence-corrected chi connectivity index (χ0v) is 22.2. The van der Waals surface area contributed by atoms with Crippen molar-refractivity contribution in [2.75, 3.05) is 29.7 Å². The second-order valence-electron chi connectivity index (χ2n) is 9.08. The third-order valence-electron chi connectivity index (χ3n) is 6.64. The van der Waals surface area contributed by atoms with Gasteiger partial charge in [-0.25, -0.2) is 32.5 Å². The Morgan fingerprint density at radius 1 is 0.705 bits per heavy atom. The van der Waals surface area contributed by atoms with Gasteiger partial charge in [-0.15, -0.1) is 0 Å². The maximum atomic E-state index is 14.9. The van der Waals surface area contributed by atoms with Gasteiger partial charge in [0.15, 0.2) is 23.3 Å². The average molecular weight is 600 g/mol. The van der Waals surface area contributed by atoms with Crippen LogP contribution >= 0.6 is 0 Å². The van der Waals surface area contributed by atoms with E-state index in [-0.39, 0.29) is 50.8 Å². The number of rotatable bonds is 4. The topological polar surface area (TPSA) is 250 Å². The number of nitrogens with two attached hydrogens (primary N) is 4. The smallest absolute Gasteiger partial charge is 0.173 e. The molecule has 3 aromatic heterocycles. The molecule has 0 saturated carbocycles. The first kappa shape index (κ1) is 28.7. The number of nitrogen functional groups attached to an aromatic ring is 3. The van der Waals surface area contributed by atoms with Gasteiger partial charge in [-0.3, -0.25) is 10.9 Å². The lowest BCUT2D eigenvalue weighted by Crippen LogP contribution is -2.39. The van der Waals surface area contributed by atoms with Crippen molar-refractivity contribution < 1.29 is 17.6 Å². The zero-order chi connectivity index (χ0) is 32.0. The largest absolute Gasteiger partial charge is 0.384 e. The van der Waals surface area contributed by atoms with Crippen molar-refractivity contribution in [3.8, 4) is 18.2 Å². The minimum Gasteiger partial charge on any atom is -0.384 e. The highest BCUT2D eigenvalue weighted by Gasteiger charge is 2.23. The van der Waals surface area contributed by atoms with Gasteiger partial charge in [-0.05, 0) is 18.2 Å². The molecule has 0 amide bonds. The number of pyridine rings is 3. The van der Waals surface area contributed by atoms with Crippen LogP contribution in [0.2, 0.25) is 0 Å². The molecule has 0 saturated heterocycles. The van der Waals surface area contributed by atoms with E-state index in [1.807, 2.05) is 12.1 Å². The van der Waals surface area contributed by atoms with Crippen molar-refractivity contribution in [1.82, 2.24) is 25.7 Å². The molecule has 5 aromatic rings. The molecule has 0 aliphatic rings. The molecule has 0 atom stereocenters. The number of hydrogen-bond acceptors (Lipinski definition) is 13. The van der Waals surface area contributed by atoms with E-state index in [0.717, 1.165) is 7.05 Å². The van der Waals surface area contributed by atoms with Crippen LogP contribution in [0.5, 0.6) is 0 Å². The molecular formula is C27H17F4N13. The summed E-state index contributed by atoms with van der Waals surface area (Å²) in [7, 11) is 1.14. The molecule has 17 heteroatoms. The summed E-state index contributed by atoms with van der Waals surface area (Å²) in [6.07, 6.45) is 0. The fourth-order valence-corrected chi connectivity index (χ4v) is 4.54. The molecule has 0 unspecified atom stereocenters. The quantitative estimate of drug-likeness (QED) is 0.0656. The fourth-order valence-electron chi connectivity index (χ4n) is 4.54. The Kier molecular flexibility index (Phi) is 6.89. The molecular weight excluding hydrogens is 582 g/mol. The molecule has 0 fully saturated rings. The Morgan fingerprint density at radius 3 is 1.70 bits per heavy atom. The van der Waals surface area contributed by atoms with Crippen LogP contribution in [0.4, 0.5) is 40.7 Å². The number of fused-ring (bicyclic) bond motifs is 6. The number of aromatic nitrogens is 3. The summed E-state index contributed by atoms with van der Waals surface area (Å²) < 4.78 is 59.2. The van der Waals surface area contributed by atoms with Crippen molar-refractivity contribution >= 4 is 67.4 Å². The van der Waals surface area contributed by atoms with Crippen LogP contribution in [0.3, 0.4) is 0 Å². The van der Waals surface area contributed by atoms with Gasteiger partial charge in [0.2, 0.25) is 0 Å². The standard InChI is InChI=1S/C27H17F4N13/c1-39-14(7-34)15-17(28)19(30)16(20(31)18(15)29)27(38)44-43-13-4-11-10-2-8(5-32)24(35)41-22(10)23-12(21(11)40-26(13)37)3-9(6-33)25(36)42-23/h2-4,39,43-44H,38H2,1H3,(H2,35,41)(H2,36,42)(H2,37,40). The van der Waals surface area contributed by atoms with E-state index >= 15 is 0 Å². The molecule has 3 heterocycles. The van der Waals surface area contributed by atoms with Crippen molar-refractivity contribution in [3.63, 3.8) is 0 Å². The van der Waals surface area contributed by atoms with Gasteiger partial charge >= 0.3 is 0 Å². The number of halogens is 4. The first-order valence-corrected chi connectivity index (χ1v) is 12.2. The van der Waals surface area contributed by atoms with Gasteiger partial charge in [-0.2, -0.15) is 15.8 Å². The van der Waals surface area contributed by atoms with Crippen molar-refractivity contribution in [1.29, 1.82) is 15.8 Å².